The molecule has 3 amide bonds. The van der Waals surface area contributed by atoms with Gasteiger partial charge in [-0.1, -0.05) is 18.2 Å². The van der Waals surface area contributed by atoms with Crippen LogP contribution in [0.3, 0.4) is 0 Å². The summed E-state index contributed by atoms with van der Waals surface area (Å²) >= 11 is 0. The molecule has 0 spiro atoms. The molecule has 7 nitrogen and oxygen atoms in total. The minimum absolute atomic E-state index is 0.117. The van der Waals surface area contributed by atoms with Crippen LogP contribution in [-0.4, -0.2) is 35.3 Å². The van der Waals surface area contributed by atoms with Gasteiger partial charge in [0.15, 0.2) is 5.76 Å². The maximum atomic E-state index is 12.7. The highest BCUT2D eigenvalue weighted by molar-refractivity contribution is 6.06. The molecule has 0 atom stereocenters. The van der Waals surface area contributed by atoms with Crippen LogP contribution in [-0.2, 0) is 11.3 Å². The molecule has 0 aliphatic rings. The van der Waals surface area contributed by atoms with Crippen molar-refractivity contribution in [3.8, 4) is 0 Å². The lowest BCUT2D eigenvalue weighted by Gasteiger charge is -2.22. The number of hydrogen-bond acceptors (Lipinski definition) is 4. The molecule has 1 heterocycles. The fourth-order valence-electron chi connectivity index (χ4n) is 3.02. The predicted octanol–water partition coefficient (Wildman–Crippen LogP) is 4.70. The Morgan fingerprint density at radius 2 is 1.58 bits per heavy atom. The summed E-state index contributed by atoms with van der Waals surface area (Å²) in [6.07, 6.45) is -3.59. The Kier molecular flexibility index (Phi) is 7.17. The highest BCUT2D eigenvalue weighted by atomic mass is 19.4. The molecule has 0 radical (unpaired) electrons. The molecule has 2 aromatic carbocycles. The minimum atomic E-state index is -4.96. The highest BCUT2D eigenvalue weighted by Crippen LogP contribution is 2.21. The molecule has 0 saturated carbocycles. The van der Waals surface area contributed by atoms with Gasteiger partial charge >= 0.3 is 12.1 Å². The van der Waals surface area contributed by atoms with Crippen molar-refractivity contribution in [1.29, 1.82) is 0 Å². The number of hydrogen-bond donors (Lipinski definition) is 2. The Morgan fingerprint density at radius 3 is 2.21 bits per heavy atom. The number of amides is 3. The van der Waals surface area contributed by atoms with Crippen molar-refractivity contribution in [1.82, 2.24) is 4.90 Å². The van der Waals surface area contributed by atoms with Gasteiger partial charge in [0.25, 0.3) is 11.8 Å². The van der Waals surface area contributed by atoms with Crippen LogP contribution in [0.2, 0.25) is 0 Å². The summed E-state index contributed by atoms with van der Waals surface area (Å²) in [6, 6.07) is 15.5. The SMILES string of the molecule is CCN(Cc1cccc(NC(=O)c2cccc(NC(=O)c3ccco3)c2)c1)C(=O)C(F)(F)F. The molecule has 0 saturated heterocycles. The van der Waals surface area contributed by atoms with Gasteiger partial charge in [0, 0.05) is 30.0 Å². The molecule has 10 heteroatoms. The highest BCUT2D eigenvalue weighted by Gasteiger charge is 2.41. The molecule has 33 heavy (non-hydrogen) atoms. The lowest BCUT2D eigenvalue weighted by molar-refractivity contribution is -0.185. The number of carbonyl (C=O) groups excluding carboxylic acids is 3. The fraction of sp³-hybridized carbons (Fsp3) is 0.174. The van der Waals surface area contributed by atoms with Gasteiger partial charge in [0.05, 0.1) is 6.26 Å². The van der Waals surface area contributed by atoms with Gasteiger partial charge in [0.2, 0.25) is 0 Å². The van der Waals surface area contributed by atoms with Crippen LogP contribution in [0.15, 0.2) is 71.3 Å². The maximum Gasteiger partial charge on any atom is 0.471 e. The van der Waals surface area contributed by atoms with Gasteiger partial charge in [0.1, 0.15) is 0 Å². The fourth-order valence-corrected chi connectivity index (χ4v) is 3.02. The number of anilines is 2. The smallest absolute Gasteiger partial charge is 0.459 e. The number of alkyl halides is 3. The van der Waals surface area contributed by atoms with Crippen LogP contribution in [0, 0.1) is 0 Å². The average Bonchev–Trinajstić information content (AvgIpc) is 3.32. The molecule has 0 bridgehead atoms. The molecule has 0 aliphatic heterocycles. The van der Waals surface area contributed by atoms with E-state index in [-0.39, 0.29) is 24.4 Å². The Morgan fingerprint density at radius 1 is 0.909 bits per heavy atom. The summed E-state index contributed by atoms with van der Waals surface area (Å²) < 4.78 is 43.2. The Balaban J connectivity index is 1.68. The van der Waals surface area contributed by atoms with Crippen LogP contribution in [0.5, 0.6) is 0 Å². The lowest BCUT2D eigenvalue weighted by Crippen LogP contribution is -2.40. The Hall–Kier alpha value is -4.08. The van der Waals surface area contributed by atoms with Crippen molar-refractivity contribution in [2.75, 3.05) is 17.2 Å². The zero-order valence-corrected chi connectivity index (χ0v) is 17.5. The molecular formula is C23H20F3N3O4. The van der Waals surface area contributed by atoms with Crippen LogP contribution in [0.4, 0.5) is 24.5 Å². The maximum absolute atomic E-state index is 12.7. The van der Waals surface area contributed by atoms with Crippen LogP contribution in [0.1, 0.15) is 33.4 Å². The van der Waals surface area contributed by atoms with Gasteiger partial charge in [-0.15, -0.1) is 0 Å². The van der Waals surface area contributed by atoms with Crippen molar-refractivity contribution < 1.29 is 32.0 Å². The summed E-state index contributed by atoms with van der Waals surface area (Å²) in [4.78, 5) is 37.0. The van der Waals surface area contributed by atoms with E-state index in [0.29, 0.717) is 21.8 Å². The molecule has 3 aromatic rings. The monoisotopic (exact) mass is 459 g/mol. The first-order valence-corrected chi connectivity index (χ1v) is 9.88. The van der Waals surface area contributed by atoms with E-state index >= 15 is 0 Å². The topological polar surface area (TPSA) is 91.7 Å². The Bertz CT molecular complexity index is 1140. The van der Waals surface area contributed by atoms with Gasteiger partial charge < -0.3 is 20.0 Å². The number of rotatable bonds is 7. The van der Waals surface area contributed by atoms with Crippen molar-refractivity contribution in [3.63, 3.8) is 0 Å². The molecule has 2 N–H and O–H groups in total. The first-order chi connectivity index (χ1) is 15.7. The third-order valence-electron chi connectivity index (χ3n) is 4.60. The molecule has 0 aliphatic carbocycles. The first-order valence-electron chi connectivity index (χ1n) is 9.88. The van der Waals surface area contributed by atoms with Gasteiger partial charge in [-0.25, -0.2) is 0 Å². The van der Waals surface area contributed by atoms with E-state index < -0.39 is 23.9 Å². The van der Waals surface area contributed by atoms with Crippen molar-refractivity contribution in [3.05, 3.63) is 83.8 Å². The second-order valence-corrected chi connectivity index (χ2v) is 6.98. The number of halogens is 3. The third-order valence-corrected chi connectivity index (χ3v) is 4.60. The number of benzene rings is 2. The summed E-state index contributed by atoms with van der Waals surface area (Å²) in [7, 11) is 0. The quantitative estimate of drug-likeness (QED) is 0.536. The number of carbonyl (C=O) groups is 3. The largest absolute Gasteiger partial charge is 0.471 e. The van der Waals surface area contributed by atoms with E-state index in [1.807, 2.05) is 0 Å². The Labute approximate surface area is 187 Å². The molecule has 3 rings (SSSR count). The molecule has 0 unspecified atom stereocenters. The van der Waals surface area contributed by atoms with Crippen LogP contribution >= 0.6 is 0 Å². The van der Waals surface area contributed by atoms with Gasteiger partial charge in [-0.2, -0.15) is 13.2 Å². The molecule has 1 aromatic heterocycles. The number of nitrogens with one attached hydrogen (secondary N) is 2. The normalized spacial score (nSPS) is 11.0. The minimum Gasteiger partial charge on any atom is -0.459 e. The van der Waals surface area contributed by atoms with E-state index in [0.717, 1.165) is 0 Å². The summed E-state index contributed by atoms with van der Waals surface area (Å²) in [5.74, 6) is -2.77. The summed E-state index contributed by atoms with van der Waals surface area (Å²) in [6.45, 7) is 1.07. The predicted molar refractivity (Wildman–Crippen MR) is 115 cm³/mol. The number of nitrogens with zero attached hydrogens (tertiary/aromatic N) is 1. The summed E-state index contributed by atoms with van der Waals surface area (Å²) in [5, 5.41) is 5.28. The van der Waals surface area contributed by atoms with E-state index in [2.05, 4.69) is 10.6 Å². The second kappa shape index (κ2) is 10.0. The van der Waals surface area contributed by atoms with Crippen LogP contribution < -0.4 is 10.6 Å². The zero-order valence-electron chi connectivity index (χ0n) is 17.5. The van der Waals surface area contributed by atoms with Crippen molar-refractivity contribution in [2.24, 2.45) is 0 Å². The van der Waals surface area contributed by atoms with Crippen molar-refractivity contribution >= 4 is 29.1 Å². The van der Waals surface area contributed by atoms with E-state index in [4.69, 9.17) is 4.42 Å². The molecule has 0 fully saturated rings. The molecule has 172 valence electrons. The number of furan rings is 1. The summed E-state index contributed by atoms with van der Waals surface area (Å²) in [5.41, 5.74) is 1.40. The van der Waals surface area contributed by atoms with E-state index in [1.54, 1.807) is 42.5 Å². The van der Waals surface area contributed by atoms with Crippen LogP contribution in [0.25, 0.3) is 0 Å². The standard InChI is InChI=1S/C23H20F3N3O4/c1-2-29(22(32)23(24,25)26)14-15-6-3-8-17(12-15)27-20(30)16-7-4-9-18(13-16)28-21(31)19-10-5-11-33-19/h3-13H,2,14H2,1H3,(H,27,30)(H,28,31). The van der Waals surface area contributed by atoms with E-state index in [9.17, 15) is 27.6 Å². The lowest BCUT2D eigenvalue weighted by atomic mass is 10.1. The first kappa shape index (κ1) is 23.6. The zero-order chi connectivity index (χ0) is 24.0. The second-order valence-electron chi connectivity index (χ2n) is 6.98. The van der Waals surface area contributed by atoms with Gasteiger partial charge in [-0.05, 0) is 55.0 Å². The average molecular weight is 459 g/mol. The van der Waals surface area contributed by atoms with E-state index in [1.165, 1.54) is 31.4 Å². The van der Waals surface area contributed by atoms with Crippen molar-refractivity contribution in [2.45, 2.75) is 19.6 Å². The van der Waals surface area contributed by atoms with Gasteiger partial charge in [-0.3, -0.25) is 14.4 Å². The third kappa shape index (κ3) is 6.22. The molecular weight excluding hydrogens is 439 g/mol.